The standard InChI is InChI=1S/C15H21BrN4/c1-10(2)8-17-9-13-6-5-7-14(18-13)20-12(4)15(16)11(3)19-20/h5-7,10,17H,8-9H2,1-4H3. The summed E-state index contributed by atoms with van der Waals surface area (Å²) in [5, 5.41) is 7.93. The molecule has 0 amide bonds. The largest absolute Gasteiger partial charge is 0.311 e. The summed E-state index contributed by atoms with van der Waals surface area (Å²) in [7, 11) is 0. The Hall–Kier alpha value is -1.20. The third-order valence-electron chi connectivity index (χ3n) is 3.07. The SMILES string of the molecule is Cc1nn(-c2cccc(CNCC(C)C)n2)c(C)c1Br. The van der Waals surface area contributed by atoms with E-state index in [1.807, 2.05) is 36.7 Å². The van der Waals surface area contributed by atoms with Crippen LogP contribution in [-0.2, 0) is 6.54 Å². The van der Waals surface area contributed by atoms with E-state index in [-0.39, 0.29) is 0 Å². The van der Waals surface area contributed by atoms with Crippen molar-refractivity contribution in [1.29, 1.82) is 0 Å². The summed E-state index contributed by atoms with van der Waals surface area (Å²) in [6.45, 7) is 10.2. The lowest BCUT2D eigenvalue weighted by atomic mass is 10.2. The molecule has 5 heteroatoms. The fourth-order valence-electron chi connectivity index (χ4n) is 2.02. The molecule has 0 aliphatic rings. The van der Waals surface area contributed by atoms with Crippen molar-refractivity contribution in [2.75, 3.05) is 6.54 Å². The van der Waals surface area contributed by atoms with Gasteiger partial charge in [0.1, 0.15) is 0 Å². The predicted octanol–water partition coefficient (Wildman–Crippen LogP) is 3.39. The molecule has 0 radical (unpaired) electrons. The number of rotatable bonds is 5. The molecule has 0 bridgehead atoms. The molecule has 0 aromatic carbocycles. The van der Waals surface area contributed by atoms with Crippen LogP contribution >= 0.6 is 15.9 Å². The summed E-state index contributed by atoms with van der Waals surface area (Å²) in [6.07, 6.45) is 0. The van der Waals surface area contributed by atoms with Crippen molar-refractivity contribution in [2.24, 2.45) is 5.92 Å². The normalized spacial score (nSPS) is 11.3. The Kier molecular flexibility index (Phi) is 4.94. The van der Waals surface area contributed by atoms with Crippen molar-refractivity contribution >= 4 is 15.9 Å². The van der Waals surface area contributed by atoms with E-state index in [0.29, 0.717) is 5.92 Å². The Morgan fingerprint density at radius 1 is 1.30 bits per heavy atom. The molecule has 2 rings (SSSR count). The smallest absolute Gasteiger partial charge is 0.153 e. The number of pyridine rings is 1. The molecule has 0 saturated heterocycles. The molecule has 0 fully saturated rings. The van der Waals surface area contributed by atoms with Crippen molar-refractivity contribution in [1.82, 2.24) is 20.1 Å². The van der Waals surface area contributed by atoms with Gasteiger partial charge in [0.2, 0.25) is 0 Å². The number of nitrogens with zero attached hydrogens (tertiary/aromatic N) is 3. The third-order valence-corrected chi connectivity index (χ3v) is 4.22. The maximum Gasteiger partial charge on any atom is 0.153 e. The van der Waals surface area contributed by atoms with Crippen LogP contribution in [0.25, 0.3) is 5.82 Å². The Morgan fingerprint density at radius 2 is 2.05 bits per heavy atom. The maximum absolute atomic E-state index is 4.67. The molecule has 108 valence electrons. The first-order chi connectivity index (χ1) is 9.49. The van der Waals surface area contributed by atoms with Gasteiger partial charge >= 0.3 is 0 Å². The van der Waals surface area contributed by atoms with E-state index in [9.17, 15) is 0 Å². The molecule has 0 atom stereocenters. The van der Waals surface area contributed by atoms with Gasteiger partial charge in [-0.2, -0.15) is 5.10 Å². The second kappa shape index (κ2) is 6.50. The molecular formula is C15H21BrN4. The van der Waals surface area contributed by atoms with E-state index in [1.165, 1.54) is 0 Å². The van der Waals surface area contributed by atoms with Crippen LogP contribution in [0.4, 0.5) is 0 Å². The van der Waals surface area contributed by atoms with Crippen LogP contribution in [-0.4, -0.2) is 21.3 Å². The van der Waals surface area contributed by atoms with Crippen LogP contribution < -0.4 is 5.32 Å². The lowest BCUT2D eigenvalue weighted by Crippen LogP contribution is -2.20. The van der Waals surface area contributed by atoms with Gasteiger partial charge in [0.05, 0.1) is 21.6 Å². The van der Waals surface area contributed by atoms with Gasteiger partial charge in [-0.3, -0.25) is 0 Å². The van der Waals surface area contributed by atoms with Crippen LogP contribution in [0.2, 0.25) is 0 Å². The number of hydrogen-bond donors (Lipinski definition) is 1. The second-order valence-corrected chi connectivity index (χ2v) is 6.20. The zero-order valence-electron chi connectivity index (χ0n) is 12.4. The van der Waals surface area contributed by atoms with Crippen molar-refractivity contribution in [3.05, 3.63) is 39.8 Å². The van der Waals surface area contributed by atoms with E-state index >= 15 is 0 Å². The Labute approximate surface area is 128 Å². The van der Waals surface area contributed by atoms with Gasteiger partial charge in [0.25, 0.3) is 0 Å². The Bertz CT molecular complexity index is 590. The molecule has 0 saturated carbocycles. The summed E-state index contributed by atoms with van der Waals surface area (Å²) in [4.78, 5) is 4.67. The number of nitrogens with one attached hydrogen (secondary N) is 1. The minimum Gasteiger partial charge on any atom is -0.311 e. The average molecular weight is 337 g/mol. The van der Waals surface area contributed by atoms with Gasteiger partial charge in [-0.1, -0.05) is 19.9 Å². The maximum atomic E-state index is 4.67. The molecule has 2 aromatic heterocycles. The van der Waals surface area contributed by atoms with Gasteiger partial charge in [-0.05, 0) is 54.4 Å². The fraction of sp³-hybridized carbons (Fsp3) is 0.467. The van der Waals surface area contributed by atoms with Crippen LogP contribution in [0.1, 0.15) is 30.9 Å². The molecular weight excluding hydrogens is 316 g/mol. The van der Waals surface area contributed by atoms with Crippen LogP contribution in [0.3, 0.4) is 0 Å². The quantitative estimate of drug-likeness (QED) is 0.909. The van der Waals surface area contributed by atoms with E-state index in [0.717, 1.165) is 40.5 Å². The first-order valence-corrected chi connectivity index (χ1v) is 7.67. The van der Waals surface area contributed by atoms with Crippen LogP contribution in [0, 0.1) is 19.8 Å². The first kappa shape index (κ1) is 15.2. The zero-order chi connectivity index (χ0) is 14.7. The fourth-order valence-corrected chi connectivity index (χ4v) is 2.27. The van der Waals surface area contributed by atoms with Gasteiger partial charge in [0, 0.05) is 6.54 Å². The van der Waals surface area contributed by atoms with Crippen molar-refractivity contribution in [2.45, 2.75) is 34.2 Å². The molecule has 2 aromatic rings. The van der Waals surface area contributed by atoms with Gasteiger partial charge in [-0.25, -0.2) is 9.67 Å². The molecule has 20 heavy (non-hydrogen) atoms. The van der Waals surface area contributed by atoms with Crippen molar-refractivity contribution in [3.63, 3.8) is 0 Å². The lowest BCUT2D eigenvalue weighted by molar-refractivity contribution is 0.547. The second-order valence-electron chi connectivity index (χ2n) is 5.41. The highest BCUT2D eigenvalue weighted by atomic mass is 79.9. The molecule has 4 nitrogen and oxygen atoms in total. The molecule has 2 heterocycles. The Balaban J connectivity index is 2.19. The van der Waals surface area contributed by atoms with E-state index in [4.69, 9.17) is 0 Å². The summed E-state index contributed by atoms with van der Waals surface area (Å²) < 4.78 is 2.92. The average Bonchev–Trinajstić information content (AvgIpc) is 2.66. The highest BCUT2D eigenvalue weighted by Gasteiger charge is 2.11. The van der Waals surface area contributed by atoms with E-state index in [1.54, 1.807) is 0 Å². The van der Waals surface area contributed by atoms with E-state index in [2.05, 4.69) is 45.2 Å². The molecule has 0 unspecified atom stereocenters. The molecule has 0 aliphatic carbocycles. The number of aromatic nitrogens is 3. The van der Waals surface area contributed by atoms with Gasteiger partial charge in [-0.15, -0.1) is 0 Å². The molecule has 0 aliphatic heterocycles. The number of halogens is 1. The number of hydrogen-bond acceptors (Lipinski definition) is 3. The minimum absolute atomic E-state index is 0.644. The summed E-state index contributed by atoms with van der Waals surface area (Å²) in [5.41, 5.74) is 3.08. The Morgan fingerprint density at radius 3 is 2.65 bits per heavy atom. The minimum atomic E-state index is 0.644. The third kappa shape index (κ3) is 3.46. The monoisotopic (exact) mass is 336 g/mol. The molecule has 1 N–H and O–H groups in total. The number of aryl methyl sites for hydroxylation is 1. The van der Waals surface area contributed by atoms with Crippen molar-refractivity contribution in [3.8, 4) is 5.82 Å². The summed E-state index contributed by atoms with van der Waals surface area (Å²) in [6, 6.07) is 6.05. The van der Waals surface area contributed by atoms with Crippen molar-refractivity contribution < 1.29 is 0 Å². The molecule has 0 spiro atoms. The lowest BCUT2D eigenvalue weighted by Gasteiger charge is -2.09. The predicted molar refractivity (Wildman–Crippen MR) is 85.1 cm³/mol. The highest BCUT2D eigenvalue weighted by Crippen LogP contribution is 2.22. The van der Waals surface area contributed by atoms with Gasteiger partial charge in [0.15, 0.2) is 5.82 Å². The van der Waals surface area contributed by atoms with Gasteiger partial charge < -0.3 is 5.32 Å². The van der Waals surface area contributed by atoms with Crippen LogP contribution in [0.15, 0.2) is 22.7 Å². The summed E-state index contributed by atoms with van der Waals surface area (Å²) in [5.74, 6) is 1.50. The van der Waals surface area contributed by atoms with E-state index < -0.39 is 0 Å². The topological polar surface area (TPSA) is 42.7 Å². The zero-order valence-corrected chi connectivity index (χ0v) is 14.0. The first-order valence-electron chi connectivity index (χ1n) is 6.87. The highest BCUT2D eigenvalue weighted by molar-refractivity contribution is 9.10. The van der Waals surface area contributed by atoms with Crippen LogP contribution in [0.5, 0.6) is 0 Å². The summed E-state index contributed by atoms with van der Waals surface area (Å²) >= 11 is 3.55.